The van der Waals surface area contributed by atoms with Crippen LogP contribution in [-0.4, -0.2) is 41.0 Å². The van der Waals surface area contributed by atoms with Crippen molar-refractivity contribution in [3.05, 3.63) is 40.0 Å². The van der Waals surface area contributed by atoms with Crippen LogP contribution >= 0.6 is 11.3 Å². The number of thiazole rings is 1. The maximum atomic E-state index is 9.16. The molecule has 0 saturated carbocycles. The van der Waals surface area contributed by atoms with Gasteiger partial charge in [-0.15, -0.1) is 11.3 Å². The molecule has 108 valence electrons. The van der Waals surface area contributed by atoms with Gasteiger partial charge in [0.2, 0.25) is 0 Å². The molecule has 0 N–H and O–H groups in total. The van der Waals surface area contributed by atoms with E-state index in [0.29, 0.717) is 5.56 Å². The fourth-order valence-electron chi connectivity index (χ4n) is 2.56. The third kappa shape index (κ3) is 3.20. The predicted octanol–water partition coefficient (Wildman–Crippen LogP) is 2.04. The molecule has 0 bridgehead atoms. The highest BCUT2D eigenvalue weighted by atomic mass is 32.1. The number of pyridine rings is 1. The van der Waals surface area contributed by atoms with Crippen LogP contribution in [0.1, 0.15) is 16.3 Å². The van der Waals surface area contributed by atoms with Crippen LogP contribution in [0.15, 0.2) is 23.7 Å². The van der Waals surface area contributed by atoms with Crippen LogP contribution < -0.4 is 4.90 Å². The van der Waals surface area contributed by atoms with Crippen LogP contribution in [0.4, 0.5) is 5.82 Å². The van der Waals surface area contributed by atoms with Crippen molar-refractivity contribution >= 4 is 17.2 Å². The van der Waals surface area contributed by atoms with Crippen molar-refractivity contribution in [1.29, 1.82) is 5.26 Å². The van der Waals surface area contributed by atoms with Crippen LogP contribution in [-0.2, 0) is 6.54 Å². The number of aryl methyl sites for hydroxylation is 1. The molecule has 0 aliphatic carbocycles. The summed E-state index contributed by atoms with van der Waals surface area (Å²) in [5, 5.41) is 12.4. The number of nitrogens with zero attached hydrogens (tertiary/aromatic N) is 5. The number of hydrogen-bond acceptors (Lipinski definition) is 6. The van der Waals surface area contributed by atoms with E-state index in [1.54, 1.807) is 17.5 Å². The number of hydrogen-bond donors (Lipinski definition) is 0. The SMILES string of the molecule is Cc1nc(CN2CCN(c3ncccc3C#N)CC2)cs1. The second kappa shape index (κ2) is 6.20. The van der Waals surface area contributed by atoms with Gasteiger partial charge >= 0.3 is 0 Å². The van der Waals surface area contributed by atoms with E-state index in [2.05, 4.69) is 31.2 Å². The van der Waals surface area contributed by atoms with Gasteiger partial charge in [0.1, 0.15) is 11.9 Å². The van der Waals surface area contributed by atoms with E-state index in [1.165, 1.54) is 0 Å². The quantitative estimate of drug-likeness (QED) is 0.868. The van der Waals surface area contributed by atoms with Crippen LogP contribution in [0.5, 0.6) is 0 Å². The number of rotatable bonds is 3. The predicted molar refractivity (Wildman–Crippen MR) is 83.3 cm³/mol. The van der Waals surface area contributed by atoms with Crippen molar-refractivity contribution in [2.45, 2.75) is 13.5 Å². The Balaban J connectivity index is 1.61. The zero-order chi connectivity index (χ0) is 14.7. The maximum Gasteiger partial charge on any atom is 0.146 e. The maximum absolute atomic E-state index is 9.16. The minimum absolute atomic E-state index is 0.654. The van der Waals surface area contributed by atoms with Crippen molar-refractivity contribution < 1.29 is 0 Å². The number of piperazine rings is 1. The molecule has 0 unspecified atom stereocenters. The molecule has 1 saturated heterocycles. The summed E-state index contributed by atoms with van der Waals surface area (Å²) in [4.78, 5) is 13.5. The Hall–Kier alpha value is -1.97. The molecule has 3 heterocycles. The summed E-state index contributed by atoms with van der Waals surface area (Å²) >= 11 is 1.70. The third-order valence-electron chi connectivity index (χ3n) is 3.63. The zero-order valence-electron chi connectivity index (χ0n) is 12.0. The zero-order valence-corrected chi connectivity index (χ0v) is 12.8. The van der Waals surface area contributed by atoms with Gasteiger partial charge in [-0.3, -0.25) is 4.90 Å². The molecule has 0 aromatic carbocycles. The van der Waals surface area contributed by atoms with Gasteiger partial charge < -0.3 is 4.90 Å². The first-order valence-corrected chi connectivity index (χ1v) is 7.87. The fourth-order valence-corrected chi connectivity index (χ4v) is 3.17. The minimum atomic E-state index is 0.654. The first kappa shape index (κ1) is 14.0. The second-order valence-electron chi connectivity index (χ2n) is 5.11. The second-order valence-corrected chi connectivity index (χ2v) is 6.17. The molecule has 0 atom stereocenters. The molecule has 0 radical (unpaired) electrons. The van der Waals surface area contributed by atoms with E-state index in [9.17, 15) is 0 Å². The lowest BCUT2D eigenvalue weighted by molar-refractivity contribution is 0.247. The smallest absolute Gasteiger partial charge is 0.146 e. The van der Waals surface area contributed by atoms with Crippen molar-refractivity contribution in [3.8, 4) is 6.07 Å². The lowest BCUT2D eigenvalue weighted by Gasteiger charge is -2.35. The molecule has 2 aromatic heterocycles. The molecule has 21 heavy (non-hydrogen) atoms. The molecule has 6 heteroatoms. The van der Waals surface area contributed by atoms with Gasteiger partial charge in [-0.25, -0.2) is 9.97 Å². The molecule has 1 aliphatic heterocycles. The van der Waals surface area contributed by atoms with Crippen molar-refractivity contribution in [2.75, 3.05) is 31.1 Å². The molecule has 2 aromatic rings. The van der Waals surface area contributed by atoms with Gasteiger partial charge in [0, 0.05) is 44.3 Å². The summed E-state index contributed by atoms with van der Waals surface area (Å²) in [6, 6.07) is 5.85. The van der Waals surface area contributed by atoms with Gasteiger partial charge in [-0.1, -0.05) is 0 Å². The lowest BCUT2D eigenvalue weighted by atomic mass is 10.2. The molecule has 5 nitrogen and oxygen atoms in total. The molecule has 1 fully saturated rings. The molecule has 0 spiro atoms. The third-order valence-corrected chi connectivity index (χ3v) is 4.45. The average molecular weight is 299 g/mol. The van der Waals surface area contributed by atoms with Crippen LogP contribution in [0, 0.1) is 18.3 Å². The van der Waals surface area contributed by atoms with Crippen molar-refractivity contribution in [2.24, 2.45) is 0 Å². The topological polar surface area (TPSA) is 56.1 Å². The summed E-state index contributed by atoms with van der Waals surface area (Å²) in [5.41, 5.74) is 1.81. The van der Waals surface area contributed by atoms with Crippen LogP contribution in [0.3, 0.4) is 0 Å². The van der Waals surface area contributed by atoms with Crippen LogP contribution in [0.25, 0.3) is 0 Å². The summed E-state index contributed by atoms with van der Waals surface area (Å²) < 4.78 is 0. The first-order valence-electron chi connectivity index (χ1n) is 6.99. The number of nitriles is 1. The monoisotopic (exact) mass is 299 g/mol. The number of aromatic nitrogens is 2. The van der Waals surface area contributed by atoms with E-state index in [0.717, 1.165) is 49.2 Å². The molecule has 1 aliphatic rings. The van der Waals surface area contributed by atoms with Crippen molar-refractivity contribution in [3.63, 3.8) is 0 Å². The highest BCUT2D eigenvalue weighted by Gasteiger charge is 2.20. The lowest BCUT2D eigenvalue weighted by Crippen LogP contribution is -2.46. The fraction of sp³-hybridized carbons (Fsp3) is 0.400. The van der Waals surface area contributed by atoms with E-state index < -0.39 is 0 Å². The van der Waals surface area contributed by atoms with E-state index >= 15 is 0 Å². The van der Waals surface area contributed by atoms with Crippen molar-refractivity contribution in [1.82, 2.24) is 14.9 Å². The largest absolute Gasteiger partial charge is 0.353 e. The van der Waals surface area contributed by atoms with Gasteiger partial charge in [0.15, 0.2) is 0 Å². The van der Waals surface area contributed by atoms with E-state index in [-0.39, 0.29) is 0 Å². The normalized spacial score (nSPS) is 15.9. The Morgan fingerprint density at radius 3 is 2.81 bits per heavy atom. The van der Waals surface area contributed by atoms with Crippen LogP contribution in [0.2, 0.25) is 0 Å². The molecule has 0 amide bonds. The summed E-state index contributed by atoms with van der Waals surface area (Å²) in [5.74, 6) is 0.809. The Labute approximate surface area is 128 Å². The Kier molecular flexibility index (Phi) is 4.13. The van der Waals surface area contributed by atoms with E-state index in [4.69, 9.17) is 5.26 Å². The van der Waals surface area contributed by atoms with Gasteiger partial charge in [-0.2, -0.15) is 5.26 Å². The summed E-state index contributed by atoms with van der Waals surface area (Å²) in [6.07, 6.45) is 1.75. The highest BCUT2D eigenvalue weighted by molar-refractivity contribution is 7.09. The number of anilines is 1. The minimum Gasteiger partial charge on any atom is -0.353 e. The Morgan fingerprint density at radius 1 is 1.33 bits per heavy atom. The Bertz CT molecular complexity index is 652. The molecule has 3 rings (SSSR count). The van der Waals surface area contributed by atoms with Gasteiger partial charge in [0.25, 0.3) is 0 Å². The summed E-state index contributed by atoms with van der Waals surface area (Å²) in [7, 11) is 0. The average Bonchev–Trinajstić information content (AvgIpc) is 2.93. The Morgan fingerprint density at radius 2 is 2.14 bits per heavy atom. The van der Waals surface area contributed by atoms with Gasteiger partial charge in [-0.05, 0) is 19.1 Å². The van der Waals surface area contributed by atoms with E-state index in [1.807, 2.05) is 19.1 Å². The first-order chi connectivity index (χ1) is 10.3. The van der Waals surface area contributed by atoms with Gasteiger partial charge in [0.05, 0.1) is 16.3 Å². The summed E-state index contributed by atoms with van der Waals surface area (Å²) in [6.45, 7) is 6.68. The highest BCUT2D eigenvalue weighted by Crippen LogP contribution is 2.19. The molecular formula is C15H17N5S. The molecular weight excluding hydrogens is 282 g/mol. The standard InChI is InChI=1S/C15H17N5S/c1-12-18-14(11-21-12)10-19-5-7-20(8-6-19)15-13(9-16)3-2-4-17-15/h2-4,11H,5-8,10H2,1H3.